The summed E-state index contributed by atoms with van der Waals surface area (Å²) in [5.41, 5.74) is 3.60. The highest BCUT2D eigenvalue weighted by molar-refractivity contribution is 5.41. The first-order chi connectivity index (χ1) is 7.90. The van der Waals surface area contributed by atoms with Crippen molar-refractivity contribution in [1.29, 1.82) is 0 Å². The van der Waals surface area contributed by atoms with Crippen LogP contribution in [0.3, 0.4) is 0 Å². The molecule has 1 aromatic rings. The summed E-state index contributed by atoms with van der Waals surface area (Å²) in [6.07, 6.45) is 7.06. The third-order valence-corrected chi connectivity index (χ3v) is 3.11. The highest BCUT2D eigenvalue weighted by atomic mass is 16.5. The van der Waals surface area contributed by atoms with E-state index in [-0.39, 0.29) is 0 Å². The molecule has 0 aromatic carbocycles. The van der Waals surface area contributed by atoms with Crippen molar-refractivity contribution in [3.8, 4) is 0 Å². The lowest BCUT2D eigenvalue weighted by atomic mass is 10.1. The van der Waals surface area contributed by atoms with Crippen LogP contribution in [0, 0.1) is 5.92 Å². The molecule has 1 aromatic heterocycles. The normalized spacial score (nSPS) is 16.6. The maximum Gasteiger partial charge on any atom is 0.145 e. The number of hydrogen-bond acceptors (Lipinski definition) is 4. The third-order valence-electron chi connectivity index (χ3n) is 3.11. The van der Waals surface area contributed by atoms with Gasteiger partial charge in [-0.1, -0.05) is 18.9 Å². The number of nitrogens with zero attached hydrogens (tertiary/aromatic N) is 1. The van der Waals surface area contributed by atoms with E-state index in [9.17, 15) is 0 Å². The minimum Gasteiger partial charge on any atom is -0.376 e. The van der Waals surface area contributed by atoms with Crippen molar-refractivity contribution in [3.63, 3.8) is 0 Å². The summed E-state index contributed by atoms with van der Waals surface area (Å²) >= 11 is 0. The molecule has 2 rings (SSSR count). The van der Waals surface area contributed by atoms with Gasteiger partial charge in [-0.3, -0.25) is 0 Å². The molecule has 0 radical (unpaired) electrons. The van der Waals surface area contributed by atoms with E-state index < -0.39 is 0 Å². The van der Waals surface area contributed by atoms with E-state index in [0.29, 0.717) is 12.4 Å². The van der Waals surface area contributed by atoms with Crippen molar-refractivity contribution < 1.29 is 4.74 Å². The zero-order valence-corrected chi connectivity index (χ0v) is 9.48. The average Bonchev–Trinajstić information content (AvgIpc) is 2.83. The Bertz CT molecular complexity index is 324. The van der Waals surface area contributed by atoms with E-state index in [0.717, 1.165) is 18.1 Å². The van der Waals surface area contributed by atoms with Gasteiger partial charge in [0.05, 0.1) is 6.61 Å². The monoisotopic (exact) mass is 221 g/mol. The summed E-state index contributed by atoms with van der Waals surface area (Å²) in [4.78, 5) is 4.13. The molecule has 1 aliphatic carbocycles. The van der Waals surface area contributed by atoms with Crippen LogP contribution in [-0.4, -0.2) is 11.6 Å². The fraction of sp³-hybridized carbons (Fsp3) is 0.583. The fourth-order valence-corrected chi connectivity index (χ4v) is 2.20. The molecule has 3 N–H and O–H groups in total. The van der Waals surface area contributed by atoms with Crippen LogP contribution in [0.2, 0.25) is 0 Å². The highest BCUT2D eigenvalue weighted by Gasteiger charge is 2.15. The zero-order chi connectivity index (χ0) is 11.2. The number of rotatable bonds is 5. The highest BCUT2D eigenvalue weighted by Crippen LogP contribution is 2.25. The van der Waals surface area contributed by atoms with Gasteiger partial charge in [0.1, 0.15) is 5.82 Å². The molecule has 1 saturated carbocycles. The second kappa shape index (κ2) is 5.82. The lowest BCUT2D eigenvalue weighted by Gasteiger charge is -2.11. The lowest BCUT2D eigenvalue weighted by molar-refractivity contribution is 0.0890. The van der Waals surface area contributed by atoms with Gasteiger partial charge in [0.25, 0.3) is 0 Å². The molecule has 4 nitrogen and oxygen atoms in total. The van der Waals surface area contributed by atoms with Gasteiger partial charge in [-0.2, -0.15) is 0 Å². The number of nitrogen functional groups attached to an aromatic ring is 1. The Morgan fingerprint density at radius 3 is 3.00 bits per heavy atom. The molecule has 0 unspecified atom stereocenters. The van der Waals surface area contributed by atoms with Crippen molar-refractivity contribution in [1.82, 2.24) is 4.98 Å². The van der Waals surface area contributed by atoms with Crippen LogP contribution in [0.4, 0.5) is 5.82 Å². The molecule has 88 valence electrons. The van der Waals surface area contributed by atoms with Crippen LogP contribution in [0.25, 0.3) is 0 Å². The van der Waals surface area contributed by atoms with Gasteiger partial charge in [-0.15, -0.1) is 0 Å². The van der Waals surface area contributed by atoms with Crippen LogP contribution in [-0.2, 0) is 11.3 Å². The second-order valence-corrected chi connectivity index (χ2v) is 4.32. The molecule has 0 bridgehead atoms. The van der Waals surface area contributed by atoms with E-state index in [2.05, 4.69) is 10.4 Å². The molecule has 1 heterocycles. The fourth-order valence-electron chi connectivity index (χ4n) is 2.20. The van der Waals surface area contributed by atoms with Gasteiger partial charge in [0.2, 0.25) is 0 Å². The summed E-state index contributed by atoms with van der Waals surface area (Å²) in [7, 11) is 0. The SMILES string of the molecule is NNc1ncccc1COCC1CCCC1. The summed E-state index contributed by atoms with van der Waals surface area (Å²) in [5, 5.41) is 0. The topological polar surface area (TPSA) is 60.2 Å². The average molecular weight is 221 g/mol. The van der Waals surface area contributed by atoms with Crippen molar-refractivity contribution in [2.24, 2.45) is 11.8 Å². The maximum atomic E-state index is 5.71. The molecule has 4 heteroatoms. The third kappa shape index (κ3) is 2.93. The maximum absolute atomic E-state index is 5.71. The standard InChI is InChI=1S/C12H19N3O/c13-15-12-11(6-3-7-14-12)9-16-8-10-4-1-2-5-10/h3,6-7,10H,1-2,4-5,8-9,13H2,(H,14,15). The van der Waals surface area contributed by atoms with Gasteiger partial charge in [-0.25, -0.2) is 10.8 Å². The van der Waals surface area contributed by atoms with Crippen LogP contribution in [0.5, 0.6) is 0 Å². The van der Waals surface area contributed by atoms with Crippen LogP contribution >= 0.6 is 0 Å². The Hall–Kier alpha value is -1.13. The second-order valence-electron chi connectivity index (χ2n) is 4.32. The molecular weight excluding hydrogens is 202 g/mol. The number of nitrogens with one attached hydrogen (secondary N) is 1. The Balaban J connectivity index is 1.79. The van der Waals surface area contributed by atoms with Crippen LogP contribution < -0.4 is 11.3 Å². The molecular formula is C12H19N3O. The molecule has 0 saturated heterocycles. The van der Waals surface area contributed by atoms with Gasteiger partial charge in [0, 0.05) is 18.4 Å². The summed E-state index contributed by atoms with van der Waals surface area (Å²) < 4.78 is 5.71. The quantitative estimate of drug-likeness (QED) is 0.590. The number of nitrogens with two attached hydrogens (primary N) is 1. The number of ether oxygens (including phenoxy) is 1. The smallest absolute Gasteiger partial charge is 0.145 e. The van der Waals surface area contributed by atoms with E-state index in [1.165, 1.54) is 25.7 Å². The van der Waals surface area contributed by atoms with Gasteiger partial charge in [-0.05, 0) is 24.8 Å². The van der Waals surface area contributed by atoms with Crippen molar-refractivity contribution in [3.05, 3.63) is 23.9 Å². The van der Waals surface area contributed by atoms with E-state index in [4.69, 9.17) is 10.6 Å². The number of hydrogen-bond donors (Lipinski definition) is 2. The van der Waals surface area contributed by atoms with Crippen molar-refractivity contribution >= 4 is 5.82 Å². The number of anilines is 1. The molecule has 1 fully saturated rings. The predicted octanol–water partition coefficient (Wildman–Crippen LogP) is 2.07. The van der Waals surface area contributed by atoms with Gasteiger partial charge >= 0.3 is 0 Å². The number of hydrazine groups is 1. The van der Waals surface area contributed by atoms with Crippen molar-refractivity contribution in [2.45, 2.75) is 32.3 Å². The Labute approximate surface area is 96.2 Å². The van der Waals surface area contributed by atoms with Crippen LogP contribution in [0.1, 0.15) is 31.2 Å². The Kier molecular flexibility index (Phi) is 4.13. The molecule has 0 amide bonds. The van der Waals surface area contributed by atoms with Gasteiger partial charge < -0.3 is 10.2 Å². The number of pyridine rings is 1. The predicted molar refractivity (Wildman–Crippen MR) is 63.7 cm³/mol. The lowest BCUT2D eigenvalue weighted by Crippen LogP contribution is -2.12. The van der Waals surface area contributed by atoms with E-state index in [1.54, 1.807) is 6.20 Å². The minimum atomic E-state index is 0.587. The summed E-state index contributed by atoms with van der Waals surface area (Å²) in [6.45, 7) is 1.45. The zero-order valence-electron chi connectivity index (χ0n) is 9.48. The first kappa shape index (κ1) is 11.4. The Morgan fingerprint density at radius 2 is 2.25 bits per heavy atom. The Morgan fingerprint density at radius 1 is 1.44 bits per heavy atom. The summed E-state index contributed by atoms with van der Waals surface area (Å²) in [5.74, 6) is 6.83. The molecule has 0 spiro atoms. The van der Waals surface area contributed by atoms with Crippen molar-refractivity contribution in [2.75, 3.05) is 12.0 Å². The largest absolute Gasteiger partial charge is 0.376 e. The molecule has 1 aliphatic rings. The minimum absolute atomic E-state index is 0.587. The first-order valence-electron chi connectivity index (χ1n) is 5.88. The van der Waals surface area contributed by atoms with Crippen LogP contribution in [0.15, 0.2) is 18.3 Å². The van der Waals surface area contributed by atoms with Gasteiger partial charge in [0.15, 0.2) is 0 Å². The summed E-state index contributed by atoms with van der Waals surface area (Å²) in [6, 6.07) is 3.88. The molecule has 0 aliphatic heterocycles. The molecule has 16 heavy (non-hydrogen) atoms. The van der Waals surface area contributed by atoms with E-state index in [1.807, 2.05) is 12.1 Å². The number of aromatic nitrogens is 1. The first-order valence-corrected chi connectivity index (χ1v) is 5.88. The molecule has 0 atom stereocenters. The van der Waals surface area contributed by atoms with E-state index >= 15 is 0 Å².